The van der Waals surface area contributed by atoms with Crippen molar-refractivity contribution in [1.82, 2.24) is 14.0 Å². The Labute approximate surface area is 158 Å². The molecule has 0 aliphatic heterocycles. The van der Waals surface area contributed by atoms with Crippen LogP contribution >= 0.6 is 0 Å². The lowest BCUT2D eigenvalue weighted by molar-refractivity contribution is -0.137. The number of hydrogen-bond acceptors (Lipinski definition) is 6. The molecule has 1 amide bonds. The number of hydrogen-bond donors (Lipinski definition) is 2. The van der Waals surface area contributed by atoms with Crippen molar-refractivity contribution in [3.63, 3.8) is 0 Å². The molecule has 1 aromatic carbocycles. The second-order valence-corrected chi connectivity index (χ2v) is 8.10. The zero-order valence-corrected chi connectivity index (χ0v) is 15.7. The number of benzene rings is 1. The first-order valence-corrected chi connectivity index (χ1v) is 9.62. The van der Waals surface area contributed by atoms with E-state index in [1.807, 2.05) is 4.72 Å². The van der Waals surface area contributed by atoms with Gasteiger partial charge in [0.25, 0.3) is 11.9 Å². The molecule has 1 aliphatic rings. The molecule has 3 rings (SSSR count). The fraction of sp³-hybridized carbons (Fsp3) is 0.375. The number of nitrogens with one attached hydrogen (secondary N) is 2. The molecular formula is C16H17F3N4O4S. The lowest BCUT2D eigenvalue weighted by Crippen LogP contribution is -2.42. The van der Waals surface area contributed by atoms with E-state index in [0.717, 1.165) is 35.5 Å². The van der Waals surface area contributed by atoms with E-state index < -0.39 is 27.9 Å². The predicted molar refractivity (Wildman–Crippen MR) is 93.1 cm³/mol. The summed E-state index contributed by atoms with van der Waals surface area (Å²) in [5, 5.41) is 2.56. The summed E-state index contributed by atoms with van der Waals surface area (Å²) >= 11 is 0. The number of halogens is 3. The maximum absolute atomic E-state index is 12.9. The third-order valence-corrected chi connectivity index (χ3v) is 5.70. The number of rotatable bonds is 6. The molecule has 0 saturated heterocycles. The van der Waals surface area contributed by atoms with Crippen LogP contribution in [0.1, 0.15) is 34.5 Å². The monoisotopic (exact) mass is 418 g/mol. The van der Waals surface area contributed by atoms with E-state index in [2.05, 4.69) is 10.3 Å². The van der Waals surface area contributed by atoms with Crippen LogP contribution < -0.4 is 10.0 Å². The van der Waals surface area contributed by atoms with E-state index in [-0.39, 0.29) is 23.4 Å². The molecule has 1 aromatic heterocycles. The summed E-state index contributed by atoms with van der Waals surface area (Å²) in [6, 6.07) is 2.72. The summed E-state index contributed by atoms with van der Waals surface area (Å²) in [6.07, 6.45) is -2.17. The quantitative estimate of drug-likeness (QED) is 0.748. The van der Waals surface area contributed by atoms with Crippen LogP contribution in [0, 0.1) is 6.92 Å². The summed E-state index contributed by atoms with van der Waals surface area (Å²) in [5.41, 5.74) is -0.616. The van der Waals surface area contributed by atoms with Gasteiger partial charge in [-0.05, 0) is 37.5 Å². The molecule has 1 saturated carbocycles. The Morgan fingerprint density at radius 1 is 1.32 bits per heavy atom. The summed E-state index contributed by atoms with van der Waals surface area (Å²) in [6.45, 7) is 1.58. The average Bonchev–Trinajstić information content (AvgIpc) is 3.33. The van der Waals surface area contributed by atoms with Gasteiger partial charge in [0.15, 0.2) is 5.69 Å². The molecule has 0 radical (unpaired) electrons. The minimum Gasteiger partial charge on any atom is -0.431 e. The van der Waals surface area contributed by atoms with E-state index in [9.17, 15) is 26.4 Å². The Balaban J connectivity index is 1.73. The van der Waals surface area contributed by atoms with Gasteiger partial charge in [0.2, 0.25) is 0 Å². The van der Waals surface area contributed by atoms with Crippen molar-refractivity contribution in [1.29, 1.82) is 0 Å². The van der Waals surface area contributed by atoms with Gasteiger partial charge in [-0.2, -0.15) is 30.9 Å². The molecule has 152 valence electrons. The van der Waals surface area contributed by atoms with Crippen molar-refractivity contribution in [3.8, 4) is 0 Å². The van der Waals surface area contributed by atoms with Crippen LogP contribution in [0.3, 0.4) is 0 Å². The number of carbonyl (C=O) groups excluding carboxylic acids is 1. The third-order valence-electron chi connectivity index (χ3n) is 4.21. The Kier molecular flexibility index (Phi) is 5.10. The zero-order valence-electron chi connectivity index (χ0n) is 14.9. The maximum Gasteiger partial charge on any atom is 0.416 e. The average molecular weight is 418 g/mol. The number of carbonyl (C=O) groups is 1. The number of aryl methyl sites for hydroxylation is 1. The topological polar surface area (TPSA) is 105 Å². The molecular weight excluding hydrogens is 401 g/mol. The van der Waals surface area contributed by atoms with Gasteiger partial charge < -0.3 is 9.73 Å². The molecule has 0 spiro atoms. The van der Waals surface area contributed by atoms with Crippen LogP contribution in [0.4, 0.5) is 24.9 Å². The molecule has 0 bridgehead atoms. The molecule has 1 fully saturated rings. The molecule has 8 nitrogen and oxygen atoms in total. The van der Waals surface area contributed by atoms with Crippen LogP contribution in [0.2, 0.25) is 0 Å². The lowest BCUT2D eigenvalue weighted by Gasteiger charge is -2.15. The highest BCUT2D eigenvalue weighted by molar-refractivity contribution is 7.87. The molecule has 0 unspecified atom stereocenters. The first-order chi connectivity index (χ1) is 13.0. The standard InChI is InChI=1S/C16H17F3N4O4S/c1-9-3-4-10(16(17,18)19)7-12(9)20-15-21-13(8-27-15)14(24)22-28(25,26)23(2)11-5-6-11/h3-4,7-8,11H,5-6H2,1-2H3,(H,20,21)(H,22,24). The van der Waals surface area contributed by atoms with Gasteiger partial charge in [0.1, 0.15) is 6.26 Å². The van der Waals surface area contributed by atoms with Crippen molar-refractivity contribution < 1.29 is 30.8 Å². The number of anilines is 2. The fourth-order valence-corrected chi connectivity index (χ4v) is 3.45. The van der Waals surface area contributed by atoms with Crippen LogP contribution in [-0.2, 0) is 16.4 Å². The molecule has 28 heavy (non-hydrogen) atoms. The highest BCUT2D eigenvalue weighted by Gasteiger charge is 2.35. The highest BCUT2D eigenvalue weighted by atomic mass is 32.2. The van der Waals surface area contributed by atoms with Crippen molar-refractivity contribution >= 4 is 27.8 Å². The number of nitrogens with zero attached hydrogens (tertiary/aromatic N) is 2. The predicted octanol–water partition coefficient (Wildman–Crippen LogP) is 2.81. The SMILES string of the molecule is Cc1ccc(C(F)(F)F)cc1Nc1nc(C(=O)NS(=O)(=O)N(C)C2CC2)co1. The number of aromatic nitrogens is 1. The normalized spacial score (nSPS) is 14.9. The molecule has 12 heteroatoms. The van der Waals surface area contributed by atoms with Gasteiger partial charge in [0.05, 0.1) is 5.56 Å². The summed E-state index contributed by atoms with van der Waals surface area (Å²) in [4.78, 5) is 15.9. The minimum absolute atomic E-state index is 0.0877. The van der Waals surface area contributed by atoms with Gasteiger partial charge in [-0.25, -0.2) is 4.72 Å². The van der Waals surface area contributed by atoms with Crippen molar-refractivity contribution in [2.24, 2.45) is 0 Å². The Morgan fingerprint density at radius 3 is 2.61 bits per heavy atom. The number of oxazole rings is 1. The summed E-state index contributed by atoms with van der Waals surface area (Å²) in [7, 11) is -2.66. The summed E-state index contributed by atoms with van der Waals surface area (Å²) < 4.78 is 70.7. The van der Waals surface area contributed by atoms with Gasteiger partial charge in [-0.1, -0.05) is 6.07 Å². The summed E-state index contributed by atoms with van der Waals surface area (Å²) in [5.74, 6) is -1.01. The van der Waals surface area contributed by atoms with Crippen molar-refractivity contribution in [3.05, 3.63) is 41.3 Å². The van der Waals surface area contributed by atoms with Crippen LogP contribution in [0.5, 0.6) is 0 Å². The first-order valence-electron chi connectivity index (χ1n) is 8.18. The highest BCUT2D eigenvalue weighted by Crippen LogP contribution is 2.33. The third kappa shape index (κ3) is 4.44. The Morgan fingerprint density at radius 2 is 2.00 bits per heavy atom. The van der Waals surface area contributed by atoms with Crippen LogP contribution in [0.15, 0.2) is 28.9 Å². The Hall–Kier alpha value is -2.60. The van der Waals surface area contributed by atoms with Gasteiger partial charge in [0, 0.05) is 18.8 Å². The zero-order chi connectivity index (χ0) is 20.7. The maximum atomic E-state index is 12.9. The second kappa shape index (κ2) is 7.09. The van der Waals surface area contributed by atoms with Crippen molar-refractivity contribution in [2.75, 3.05) is 12.4 Å². The number of amides is 1. The van der Waals surface area contributed by atoms with Crippen LogP contribution in [-0.4, -0.2) is 36.7 Å². The first kappa shape index (κ1) is 20.1. The lowest BCUT2D eigenvalue weighted by atomic mass is 10.1. The molecule has 1 heterocycles. The molecule has 2 N–H and O–H groups in total. The molecule has 0 atom stereocenters. The minimum atomic E-state index is -4.52. The second-order valence-electron chi connectivity index (χ2n) is 6.37. The fourth-order valence-electron chi connectivity index (χ4n) is 2.36. The van der Waals surface area contributed by atoms with Gasteiger partial charge in [-0.3, -0.25) is 4.79 Å². The van der Waals surface area contributed by atoms with Gasteiger partial charge in [-0.15, -0.1) is 0 Å². The van der Waals surface area contributed by atoms with Gasteiger partial charge >= 0.3 is 16.4 Å². The smallest absolute Gasteiger partial charge is 0.416 e. The molecule has 1 aliphatic carbocycles. The molecule has 2 aromatic rings. The Bertz CT molecular complexity index is 1000. The van der Waals surface area contributed by atoms with E-state index in [1.165, 1.54) is 13.1 Å². The van der Waals surface area contributed by atoms with Crippen molar-refractivity contribution in [2.45, 2.75) is 32.0 Å². The van der Waals surface area contributed by atoms with E-state index in [4.69, 9.17) is 4.42 Å². The van der Waals surface area contributed by atoms with Crippen LogP contribution in [0.25, 0.3) is 0 Å². The number of alkyl halides is 3. The van der Waals surface area contributed by atoms with E-state index in [0.29, 0.717) is 5.56 Å². The van der Waals surface area contributed by atoms with E-state index in [1.54, 1.807) is 6.92 Å². The largest absolute Gasteiger partial charge is 0.431 e. The van der Waals surface area contributed by atoms with E-state index >= 15 is 0 Å².